The number of ether oxygens (including phenoxy) is 1. The van der Waals surface area contributed by atoms with Crippen LogP contribution in [0.1, 0.15) is 18.3 Å². The Balaban J connectivity index is 0.00000300. The molecule has 2 heterocycles. The lowest BCUT2D eigenvalue weighted by Crippen LogP contribution is -2.38. The second-order valence-electron chi connectivity index (χ2n) is 6.19. The molecular formula is C20H26ClIN6O. The number of nitrogens with one attached hydrogen (secondary N) is 2. The molecule has 0 amide bonds. The Bertz CT molecular complexity index is 946. The van der Waals surface area contributed by atoms with Gasteiger partial charge in [0.15, 0.2) is 11.6 Å². The van der Waals surface area contributed by atoms with Crippen LogP contribution in [-0.2, 0) is 12.8 Å². The Morgan fingerprint density at radius 1 is 1.17 bits per heavy atom. The summed E-state index contributed by atoms with van der Waals surface area (Å²) in [6.07, 6.45) is 3.48. The maximum atomic E-state index is 6.30. The maximum absolute atomic E-state index is 6.30. The van der Waals surface area contributed by atoms with Gasteiger partial charge in [-0.2, -0.15) is 0 Å². The molecule has 0 spiro atoms. The van der Waals surface area contributed by atoms with E-state index in [0.717, 1.165) is 48.3 Å². The molecule has 3 aromatic rings. The van der Waals surface area contributed by atoms with Crippen LogP contribution in [0.3, 0.4) is 0 Å². The summed E-state index contributed by atoms with van der Waals surface area (Å²) >= 11 is 6.30. The third-order valence-electron chi connectivity index (χ3n) is 4.28. The molecule has 7 nitrogen and oxygen atoms in total. The molecule has 0 saturated heterocycles. The molecule has 0 atom stereocenters. The quantitative estimate of drug-likeness (QED) is 0.266. The van der Waals surface area contributed by atoms with E-state index >= 15 is 0 Å². The van der Waals surface area contributed by atoms with Crippen LogP contribution in [0.5, 0.6) is 5.75 Å². The Morgan fingerprint density at radius 2 is 2.03 bits per heavy atom. The van der Waals surface area contributed by atoms with Crippen molar-refractivity contribution in [1.82, 2.24) is 25.2 Å². The van der Waals surface area contributed by atoms with Crippen LogP contribution in [0.15, 0.2) is 47.6 Å². The fourth-order valence-electron chi connectivity index (χ4n) is 2.84. The minimum atomic E-state index is 0. The largest absolute Gasteiger partial charge is 0.497 e. The lowest BCUT2D eigenvalue weighted by atomic mass is 10.1. The van der Waals surface area contributed by atoms with Crippen LogP contribution in [0.25, 0.3) is 5.65 Å². The highest BCUT2D eigenvalue weighted by atomic mass is 127. The van der Waals surface area contributed by atoms with Crippen molar-refractivity contribution in [2.45, 2.75) is 19.8 Å². The molecule has 0 fully saturated rings. The maximum Gasteiger partial charge on any atom is 0.191 e. The number of aliphatic imine (C=N–C) groups is 1. The van der Waals surface area contributed by atoms with Crippen LogP contribution in [0, 0.1) is 0 Å². The van der Waals surface area contributed by atoms with Gasteiger partial charge in [0.05, 0.1) is 7.11 Å². The van der Waals surface area contributed by atoms with Crippen molar-refractivity contribution in [3.05, 3.63) is 59.0 Å². The predicted molar refractivity (Wildman–Crippen MR) is 128 cm³/mol. The average Bonchev–Trinajstić information content (AvgIpc) is 3.12. The van der Waals surface area contributed by atoms with E-state index in [1.54, 1.807) is 7.11 Å². The van der Waals surface area contributed by atoms with E-state index in [4.69, 9.17) is 16.3 Å². The number of fused-ring (bicyclic) bond motifs is 1. The number of hydrogen-bond acceptors (Lipinski definition) is 4. The van der Waals surface area contributed by atoms with Crippen molar-refractivity contribution in [2.24, 2.45) is 4.99 Å². The van der Waals surface area contributed by atoms with Crippen molar-refractivity contribution in [1.29, 1.82) is 0 Å². The summed E-state index contributed by atoms with van der Waals surface area (Å²) in [7, 11) is 1.63. The molecule has 0 unspecified atom stereocenters. The first-order valence-corrected chi connectivity index (χ1v) is 9.72. The standard InChI is InChI=1S/C20H25ClN6O.HI/c1-3-22-20(23-11-9-15-7-8-16(28-2)14-17(15)21)24-12-10-19-26-25-18-6-4-5-13-27(18)19;/h4-8,13-14H,3,9-12H2,1-2H3,(H2,22,23,24);1H. The van der Waals surface area contributed by atoms with E-state index in [1.165, 1.54) is 0 Å². The topological polar surface area (TPSA) is 75.8 Å². The molecule has 1 aromatic carbocycles. The van der Waals surface area contributed by atoms with Crippen LogP contribution < -0.4 is 15.4 Å². The van der Waals surface area contributed by atoms with E-state index in [0.29, 0.717) is 18.0 Å². The number of pyridine rings is 1. The molecule has 0 aliphatic carbocycles. The molecule has 0 bridgehead atoms. The first kappa shape index (κ1) is 23.2. The summed E-state index contributed by atoms with van der Waals surface area (Å²) in [5.74, 6) is 2.44. The second kappa shape index (κ2) is 11.8. The van der Waals surface area contributed by atoms with Crippen molar-refractivity contribution >= 4 is 47.2 Å². The Morgan fingerprint density at radius 3 is 2.79 bits per heavy atom. The van der Waals surface area contributed by atoms with Gasteiger partial charge in [-0.3, -0.25) is 9.39 Å². The zero-order valence-corrected chi connectivity index (χ0v) is 19.6. The molecule has 156 valence electrons. The Kier molecular flexibility index (Phi) is 9.46. The summed E-state index contributed by atoms with van der Waals surface area (Å²) in [5, 5.41) is 15.7. The number of hydrogen-bond donors (Lipinski definition) is 2. The average molecular weight is 529 g/mol. The van der Waals surface area contributed by atoms with Gasteiger partial charge in [-0.15, -0.1) is 34.2 Å². The Hall–Kier alpha value is -2.07. The predicted octanol–water partition coefficient (Wildman–Crippen LogP) is 3.35. The number of methoxy groups -OCH3 is 1. The summed E-state index contributed by atoms with van der Waals surface area (Å²) in [4.78, 5) is 4.64. The Labute approximate surface area is 192 Å². The van der Waals surface area contributed by atoms with Gasteiger partial charge < -0.3 is 15.4 Å². The minimum absolute atomic E-state index is 0. The lowest BCUT2D eigenvalue weighted by Gasteiger charge is -2.12. The number of halogens is 2. The van der Waals surface area contributed by atoms with Gasteiger partial charge in [-0.1, -0.05) is 23.7 Å². The SMILES string of the molecule is CCNC(=NCCc1nnc2ccccn12)NCCc1ccc(OC)cc1Cl.I. The third kappa shape index (κ3) is 6.46. The molecule has 3 rings (SSSR count). The fourth-order valence-corrected chi connectivity index (χ4v) is 3.11. The van der Waals surface area contributed by atoms with Crippen molar-refractivity contribution in [3.63, 3.8) is 0 Å². The summed E-state index contributed by atoms with van der Waals surface area (Å²) in [6.45, 7) is 4.19. The van der Waals surface area contributed by atoms with Gasteiger partial charge in [-0.05, 0) is 43.2 Å². The number of guanidine groups is 1. The fraction of sp³-hybridized carbons (Fsp3) is 0.350. The van der Waals surface area contributed by atoms with E-state index in [9.17, 15) is 0 Å². The van der Waals surface area contributed by atoms with Gasteiger partial charge in [0.2, 0.25) is 0 Å². The van der Waals surface area contributed by atoms with E-state index < -0.39 is 0 Å². The number of benzene rings is 1. The van der Waals surface area contributed by atoms with Crippen molar-refractivity contribution in [3.8, 4) is 5.75 Å². The van der Waals surface area contributed by atoms with Gasteiger partial charge >= 0.3 is 0 Å². The molecular weight excluding hydrogens is 503 g/mol. The third-order valence-corrected chi connectivity index (χ3v) is 4.63. The molecule has 0 aliphatic heterocycles. The van der Waals surface area contributed by atoms with Gasteiger partial charge in [-0.25, -0.2) is 0 Å². The molecule has 29 heavy (non-hydrogen) atoms. The van der Waals surface area contributed by atoms with Crippen LogP contribution in [0.4, 0.5) is 0 Å². The molecule has 0 radical (unpaired) electrons. The van der Waals surface area contributed by atoms with E-state index in [1.807, 2.05) is 53.9 Å². The minimum Gasteiger partial charge on any atom is -0.497 e. The number of aromatic nitrogens is 3. The molecule has 0 saturated carbocycles. The molecule has 2 N–H and O–H groups in total. The highest BCUT2D eigenvalue weighted by Crippen LogP contribution is 2.22. The summed E-state index contributed by atoms with van der Waals surface area (Å²) < 4.78 is 7.17. The van der Waals surface area contributed by atoms with Crippen molar-refractivity contribution < 1.29 is 4.74 Å². The molecule has 9 heteroatoms. The first-order chi connectivity index (χ1) is 13.7. The molecule has 2 aromatic heterocycles. The highest BCUT2D eigenvalue weighted by molar-refractivity contribution is 14.0. The van der Waals surface area contributed by atoms with E-state index in [-0.39, 0.29) is 24.0 Å². The van der Waals surface area contributed by atoms with Crippen LogP contribution >= 0.6 is 35.6 Å². The lowest BCUT2D eigenvalue weighted by molar-refractivity contribution is 0.414. The normalized spacial score (nSPS) is 11.2. The van der Waals surface area contributed by atoms with E-state index in [2.05, 4.69) is 25.8 Å². The van der Waals surface area contributed by atoms with Gasteiger partial charge in [0.25, 0.3) is 0 Å². The smallest absolute Gasteiger partial charge is 0.191 e. The first-order valence-electron chi connectivity index (χ1n) is 9.34. The second-order valence-corrected chi connectivity index (χ2v) is 6.60. The highest BCUT2D eigenvalue weighted by Gasteiger charge is 2.05. The van der Waals surface area contributed by atoms with Crippen molar-refractivity contribution in [2.75, 3.05) is 26.7 Å². The summed E-state index contributed by atoms with van der Waals surface area (Å²) in [5.41, 5.74) is 1.92. The van der Waals surface area contributed by atoms with Gasteiger partial charge in [0.1, 0.15) is 11.6 Å². The van der Waals surface area contributed by atoms with Crippen LogP contribution in [0.2, 0.25) is 5.02 Å². The zero-order valence-electron chi connectivity index (χ0n) is 16.6. The zero-order chi connectivity index (χ0) is 19.8. The van der Waals surface area contributed by atoms with Gasteiger partial charge in [0, 0.05) is 37.3 Å². The molecule has 0 aliphatic rings. The van der Waals surface area contributed by atoms with Crippen LogP contribution in [-0.4, -0.2) is 47.3 Å². The number of rotatable bonds is 8. The monoisotopic (exact) mass is 528 g/mol. The number of nitrogens with zero attached hydrogens (tertiary/aromatic N) is 4. The summed E-state index contributed by atoms with van der Waals surface area (Å²) in [6, 6.07) is 11.6.